The minimum atomic E-state index is -2.69. The Morgan fingerprint density at radius 1 is 1.31 bits per heavy atom. The summed E-state index contributed by atoms with van der Waals surface area (Å²) >= 11 is 0. The summed E-state index contributed by atoms with van der Waals surface area (Å²) in [7, 11) is 0. The average molecular weight is 238 g/mol. The van der Waals surface area contributed by atoms with E-state index in [2.05, 4.69) is 0 Å². The number of ether oxygens (including phenoxy) is 2. The van der Waals surface area contributed by atoms with Gasteiger partial charge in [-0.2, -0.15) is 0 Å². The summed E-state index contributed by atoms with van der Waals surface area (Å²) in [4.78, 5) is 0. The molecule has 0 aromatic heterocycles. The highest BCUT2D eigenvalue weighted by Gasteiger charge is 2.54. The lowest BCUT2D eigenvalue weighted by Gasteiger charge is -2.44. The third-order valence-corrected chi connectivity index (χ3v) is 2.46. The van der Waals surface area contributed by atoms with E-state index in [-0.39, 0.29) is 6.61 Å². The van der Waals surface area contributed by atoms with Crippen LogP contribution in [0.2, 0.25) is 0 Å². The molecule has 0 saturated carbocycles. The summed E-state index contributed by atoms with van der Waals surface area (Å²) in [6, 6.07) is 0. The number of aliphatic hydroxyl groups is 5. The van der Waals surface area contributed by atoms with E-state index >= 15 is 0 Å². The Hall–Kier alpha value is -0.280. The van der Waals surface area contributed by atoms with Crippen LogP contribution in [0.15, 0.2) is 0 Å². The molecule has 0 radical (unpaired) electrons. The third-order valence-electron chi connectivity index (χ3n) is 2.46. The maximum atomic E-state index is 9.51. The standard InChI is InChI=1S/C9H18O7/c1-2-3-15-8-6(11)7(12)9(13,14)5(4-10)16-8/h5-8,10-14H,2-4H2,1H3/t5?,6?,7-,8+/m1/s1. The fourth-order valence-corrected chi connectivity index (χ4v) is 1.48. The van der Waals surface area contributed by atoms with Crippen LogP contribution < -0.4 is 0 Å². The van der Waals surface area contributed by atoms with Gasteiger partial charge in [0, 0.05) is 6.61 Å². The van der Waals surface area contributed by atoms with Gasteiger partial charge in [-0.1, -0.05) is 6.92 Å². The Bertz CT molecular complexity index is 216. The summed E-state index contributed by atoms with van der Waals surface area (Å²) in [5.41, 5.74) is 0. The molecular formula is C9H18O7. The number of hydrogen-bond acceptors (Lipinski definition) is 7. The molecule has 1 rings (SSSR count). The molecule has 4 atom stereocenters. The molecule has 96 valence electrons. The Morgan fingerprint density at radius 3 is 2.44 bits per heavy atom. The second-order valence-electron chi connectivity index (χ2n) is 3.76. The van der Waals surface area contributed by atoms with Gasteiger partial charge in [0.05, 0.1) is 6.61 Å². The van der Waals surface area contributed by atoms with Gasteiger partial charge in [0.15, 0.2) is 6.29 Å². The fraction of sp³-hybridized carbons (Fsp3) is 1.00. The molecule has 1 heterocycles. The van der Waals surface area contributed by atoms with Crippen LogP contribution in [0.3, 0.4) is 0 Å². The van der Waals surface area contributed by atoms with E-state index in [4.69, 9.17) is 14.6 Å². The van der Waals surface area contributed by atoms with Gasteiger partial charge in [0.25, 0.3) is 0 Å². The molecule has 0 bridgehead atoms. The largest absolute Gasteiger partial charge is 0.393 e. The van der Waals surface area contributed by atoms with Crippen molar-refractivity contribution in [3.8, 4) is 0 Å². The molecule has 1 fully saturated rings. The smallest absolute Gasteiger partial charge is 0.221 e. The Kier molecular flexibility index (Phi) is 4.62. The molecule has 5 N–H and O–H groups in total. The quantitative estimate of drug-likeness (QED) is 0.344. The van der Waals surface area contributed by atoms with E-state index in [1.165, 1.54) is 0 Å². The first-order valence-electron chi connectivity index (χ1n) is 5.13. The highest BCUT2D eigenvalue weighted by atomic mass is 16.7. The Labute approximate surface area is 92.9 Å². The van der Waals surface area contributed by atoms with Gasteiger partial charge in [-0.25, -0.2) is 0 Å². The first-order valence-corrected chi connectivity index (χ1v) is 5.13. The lowest BCUT2D eigenvalue weighted by atomic mass is 9.95. The van der Waals surface area contributed by atoms with E-state index in [1.807, 2.05) is 6.92 Å². The summed E-state index contributed by atoms with van der Waals surface area (Å²) < 4.78 is 10.0. The zero-order valence-corrected chi connectivity index (χ0v) is 8.98. The van der Waals surface area contributed by atoms with E-state index in [9.17, 15) is 20.4 Å². The number of rotatable bonds is 4. The van der Waals surface area contributed by atoms with Gasteiger partial charge in [0.1, 0.15) is 18.3 Å². The second kappa shape index (κ2) is 5.37. The second-order valence-corrected chi connectivity index (χ2v) is 3.76. The fourth-order valence-electron chi connectivity index (χ4n) is 1.48. The maximum absolute atomic E-state index is 9.51. The SMILES string of the molecule is CCCO[C@H]1OC(CO)C(O)(O)[C@H](O)C1O. The van der Waals surface area contributed by atoms with Crippen LogP contribution in [-0.2, 0) is 9.47 Å². The van der Waals surface area contributed by atoms with E-state index in [1.54, 1.807) is 0 Å². The molecule has 1 aliphatic heterocycles. The molecule has 1 aliphatic rings. The zero-order valence-electron chi connectivity index (χ0n) is 8.98. The Balaban J connectivity index is 2.71. The summed E-state index contributed by atoms with van der Waals surface area (Å²) in [6.45, 7) is 1.43. The predicted molar refractivity (Wildman–Crippen MR) is 51.2 cm³/mol. The highest BCUT2D eigenvalue weighted by molar-refractivity contribution is 4.94. The molecule has 1 saturated heterocycles. The molecular weight excluding hydrogens is 220 g/mol. The van der Waals surface area contributed by atoms with E-state index < -0.39 is 37.0 Å². The van der Waals surface area contributed by atoms with Crippen molar-refractivity contribution in [1.82, 2.24) is 0 Å². The molecule has 0 spiro atoms. The van der Waals surface area contributed by atoms with Crippen molar-refractivity contribution >= 4 is 0 Å². The van der Waals surface area contributed by atoms with Crippen LogP contribution in [0.1, 0.15) is 13.3 Å². The van der Waals surface area contributed by atoms with E-state index in [0.717, 1.165) is 0 Å². The summed E-state index contributed by atoms with van der Waals surface area (Å²) in [5, 5.41) is 46.7. The maximum Gasteiger partial charge on any atom is 0.221 e. The third kappa shape index (κ3) is 2.51. The first kappa shape index (κ1) is 13.8. The minimum Gasteiger partial charge on any atom is -0.393 e. The van der Waals surface area contributed by atoms with Crippen molar-refractivity contribution in [2.75, 3.05) is 13.2 Å². The van der Waals surface area contributed by atoms with Crippen LogP contribution in [0.25, 0.3) is 0 Å². The van der Waals surface area contributed by atoms with Crippen LogP contribution in [-0.4, -0.2) is 69.1 Å². The molecule has 7 nitrogen and oxygen atoms in total. The van der Waals surface area contributed by atoms with Crippen molar-refractivity contribution in [2.45, 2.75) is 43.7 Å². The Morgan fingerprint density at radius 2 is 1.94 bits per heavy atom. The van der Waals surface area contributed by atoms with Crippen LogP contribution in [0, 0.1) is 0 Å². The van der Waals surface area contributed by atoms with Crippen molar-refractivity contribution < 1.29 is 35.0 Å². The van der Waals surface area contributed by atoms with Crippen molar-refractivity contribution in [2.24, 2.45) is 0 Å². The first-order chi connectivity index (χ1) is 7.45. The predicted octanol–water partition coefficient (Wildman–Crippen LogP) is -2.47. The average Bonchev–Trinajstić information content (AvgIpc) is 2.25. The highest BCUT2D eigenvalue weighted by Crippen LogP contribution is 2.28. The molecule has 0 aromatic rings. The summed E-state index contributed by atoms with van der Waals surface area (Å²) in [6.07, 6.45) is -5.37. The van der Waals surface area contributed by atoms with E-state index in [0.29, 0.717) is 6.42 Å². The van der Waals surface area contributed by atoms with Gasteiger partial charge in [-0.05, 0) is 6.42 Å². The van der Waals surface area contributed by atoms with Gasteiger partial charge in [-0.3, -0.25) is 0 Å². The molecule has 7 heteroatoms. The van der Waals surface area contributed by atoms with Crippen LogP contribution in [0.5, 0.6) is 0 Å². The molecule has 2 unspecified atom stereocenters. The number of aliphatic hydroxyl groups excluding tert-OH is 3. The van der Waals surface area contributed by atoms with Gasteiger partial charge < -0.3 is 35.0 Å². The molecule has 0 aromatic carbocycles. The normalized spacial score (nSPS) is 38.6. The summed E-state index contributed by atoms with van der Waals surface area (Å²) in [5.74, 6) is -2.69. The minimum absolute atomic E-state index is 0.288. The topological polar surface area (TPSA) is 120 Å². The van der Waals surface area contributed by atoms with Crippen LogP contribution >= 0.6 is 0 Å². The molecule has 0 amide bonds. The molecule has 16 heavy (non-hydrogen) atoms. The van der Waals surface area contributed by atoms with Crippen LogP contribution in [0.4, 0.5) is 0 Å². The van der Waals surface area contributed by atoms with Gasteiger partial charge in [0.2, 0.25) is 5.79 Å². The van der Waals surface area contributed by atoms with Gasteiger partial charge in [-0.15, -0.1) is 0 Å². The van der Waals surface area contributed by atoms with Crippen molar-refractivity contribution in [1.29, 1.82) is 0 Å². The monoisotopic (exact) mass is 238 g/mol. The molecule has 0 aliphatic carbocycles. The lowest BCUT2D eigenvalue weighted by molar-refractivity contribution is -0.386. The van der Waals surface area contributed by atoms with Gasteiger partial charge >= 0.3 is 0 Å². The zero-order chi connectivity index (χ0) is 12.3. The number of hydrogen-bond donors (Lipinski definition) is 5. The van der Waals surface area contributed by atoms with Crippen molar-refractivity contribution in [3.63, 3.8) is 0 Å². The van der Waals surface area contributed by atoms with Crippen molar-refractivity contribution in [3.05, 3.63) is 0 Å². The lowest BCUT2D eigenvalue weighted by Crippen LogP contribution is -2.67.